The molecular formula is C8H5F3OS. The minimum absolute atomic E-state index is 0.416. The second-order valence-corrected chi connectivity index (χ2v) is 3.31. The van der Waals surface area contributed by atoms with E-state index in [1.165, 1.54) is 12.1 Å². The molecule has 0 aliphatic heterocycles. The first kappa shape index (κ1) is 9.98. The Kier molecular flexibility index (Phi) is 2.87. The van der Waals surface area contributed by atoms with Gasteiger partial charge in [0.05, 0.1) is 0 Å². The van der Waals surface area contributed by atoms with Crippen molar-refractivity contribution in [2.24, 2.45) is 0 Å². The fraction of sp³-hybridized carbons (Fsp3) is 0.125. The molecule has 1 heterocycles. The van der Waals surface area contributed by atoms with Crippen LogP contribution < -0.4 is 0 Å². The van der Waals surface area contributed by atoms with Crippen molar-refractivity contribution < 1.29 is 18.0 Å². The maximum Gasteiger partial charge on any atom is 0.425 e. The Balaban J connectivity index is 2.87. The second-order valence-electron chi connectivity index (χ2n) is 2.19. The fourth-order valence-corrected chi connectivity index (χ4v) is 1.52. The molecule has 1 aromatic rings. The third-order valence-corrected chi connectivity index (χ3v) is 2.34. The summed E-state index contributed by atoms with van der Waals surface area (Å²) in [5.41, 5.74) is 0. The van der Waals surface area contributed by atoms with Crippen molar-refractivity contribution >= 4 is 23.7 Å². The number of halogens is 3. The van der Waals surface area contributed by atoms with Gasteiger partial charge in [0.15, 0.2) is 0 Å². The number of thiophene rings is 1. The molecule has 1 nitrogen and oxygen atoms in total. The van der Waals surface area contributed by atoms with E-state index < -0.39 is 11.1 Å². The van der Waals surface area contributed by atoms with Crippen LogP contribution in [0.3, 0.4) is 0 Å². The van der Waals surface area contributed by atoms with Crippen molar-refractivity contribution in [1.82, 2.24) is 0 Å². The highest BCUT2D eigenvalue weighted by molar-refractivity contribution is 7.13. The van der Waals surface area contributed by atoms with Crippen LogP contribution in [0.5, 0.6) is 0 Å². The van der Waals surface area contributed by atoms with Crippen LogP contribution in [0.2, 0.25) is 0 Å². The number of rotatable bonds is 2. The van der Waals surface area contributed by atoms with Crippen molar-refractivity contribution in [3.8, 4) is 0 Å². The Bertz CT molecular complexity index is 324. The lowest BCUT2D eigenvalue weighted by molar-refractivity contribution is -0.134. The summed E-state index contributed by atoms with van der Waals surface area (Å²) in [4.78, 5) is 9.64. The highest BCUT2D eigenvalue weighted by Gasteiger charge is 2.31. The average molecular weight is 206 g/mol. The molecule has 0 saturated carbocycles. The molecule has 70 valence electrons. The molecule has 1 aromatic heterocycles. The summed E-state index contributed by atoms with van der Waals surface area (Å²) in [6.07, 6.45) is -1.27. The van der Waals surface area contributed by atoms with Gasteiger partial charge in [0.25, 0.3) is 0 Å². The van der Waals surface area contributed by atoms with Gasteiger partial charge in [-0.1, -0.05) is 0 Å². The van der Waals surface area contributed by atoms with Gasteiger partial charge < -0.3 is 0 Å². The molecule has 0 saturated heterocycles. The fourth-order valence-electron chi connectivity index (χ4n) is 0.729. The first-order valence-corrected chi connectivity index (χ1v) is 4.14. The maximum atomic E-state index is 12.0. The van der Waals surface area contributed by atoms with E-state index in [9.17, 15) is 18.0 Å². The number of allylic oxidation sites excluding steroid dienone is 1. The largest absolute Gasteiger partial charge is 0.425 e. The third kappa shape index (κ3) is 2.69. The topological polar surface area (TPSA) is 17.1 Å². The van der Waals surface area contributed by atoms with Gasteiger partial charge in [-0.3, -0.25) is 4.79 Å². The molecule has 0 N–H and O–H groups in total. The van der Waals surface area contributed by atoms with Crippen LogP contribution in [0, 0.1) is 0 Å². The number of carbonyl (C=O) groups is 1. The summed E-state index contributed by atoms with van der Waals surface area (Å²) in [5.74, 6) is 0. The summed E-state index contributed by atoms with van der Waals surface area (Å²) in [5, 5.41) is 0. The van der Waals surface area contributed by atoms with Gasteiger partial charge in [-0.2, -0.15) is 13.2 Å². The highest BCUT2D eigenvalue weighted by atomic mass is 32.1. The molecule has 0 atom stereocenters. The lowest BCUT2D eigenvalue weighted by Crippen LogP contribution is -2.00. The van der Waals surface area contributed by atoms with Gasteiger partial charge >= 0.3 is 6.18 Å². The van der Waals surface area contributed by atoms with Crippen molar-refractivity contribution in [2.75, 3.05) is 0 Å². The van der Waals surface area contributed by atoms with Gasteiger partial charge in [-0.05, 0) is 24.3 Å². The van der Waals surface area contributed by atoms with Crippen molar-refractivity contribution in [1.29, 1.82) is 0 Å². The van der Waals surface area contributed by atoms with E-state index in [1.54, 1.807) is 0 Å². The molecule has 0 aromatic carbocycles. The van der Waals surface area contributed by atoms with Gasteiger partial charge in [-0.15, -0.1) is 11.3 Å². The van der Waals surface area contributed by atoms with E-state index in [4.69, 9.17) is 0 Å². The van der Waals surface area contributed by atoms with Crippen molar-refractivity contribution in [3.05, 3.63) is 28.0 Å². The van der Waals surface area contributed by atoms with Crippen LogP contribution >= 0.6 is 11.3 Å². The third-order valence-electron chi connectivity index (χ3n) is 1.25. The Morgan fingerprint density at radius 3 is 2.46 bits per heavy atom. The van der Waals surface area contributed by atoms with Crippen LogP contribution in [-0.2, 0) is 11.0 Å². The standard InChI is InChI=1S/C8H5F3OS/c9-8(10,11)7-4-3-6(13-7)2-1-5-12/h1-5H/b2-1+. The molecule has 1 rings (SSSR count). The van der Waals surface area contributed by atoms with Crippen LogP contribution in [-0.4, -0.2) is 6.29 Å². The van der Waals surface area contributed by atoms with Gasteiger partial charge in [0.1, 0.15) is 11.2 Å². The summed E-state index contributed by atoms with van der Waals surface area (Å²) < 4.78 is 36.1. The molecule has 0 aliphatic rings. The van der Waals surface area contributed by atoms with Gasteiger partial charge in [-0.25, -0.2) is 0 Å². The highest BCUT2D eigenvalue weighted by Crippen LogP contribution is 2.34. The number of aldehydes is 1. The van der Waals surface area contributed by atoms with Gasteiger partial charge in [0, 0.05) is 4.88 Å². The number of carbonyl (C=O) groups excluding carboxylic acids is 1. The maximum absolute atomic E-state index is 12.0. The van der Waals surface area contributed by atoms with Crippen molar-refractivity contribution in [2.45, 2.75) is 6.18 Å². The summed E-state index contributed by atoms with van der Waals surface area (Å²) in [6, 6.07) is 2.32. The summed E-state index contributed by atoms with van der Waals surface area (Å²) in [6.45, 7) is 0. The summed E-state index contributed by atoms with van der Waals surface area (Å²) in [7, 11) is 0. The lowest BCUT2D eigenvalue weighted by Gasteiger charge is -1.99. The minimum atomic E-state index is -4.29. The molecule has 0 bridgehead atoms. The van der Waals surface area contributed by atoms with Crippen LogP contribution in [0.25, 0.3) is 6.08 Å². The SMILES string of the molecule is O=C/C=C/c1ccc(C(F)(F)F)s1. The smallest absolute Gasteiger partial charge is 0.299 e. The number of hydrogen-bond acceptors (Lipinski definition) is 2. The lowest BCUT2D eigenvalue weighted by atomic mass is 10.4. The zero-order chi connectivity index (χ0) is 9.90. The normalized spacial score (nSPS) is 12.2. The quantitative estimate of drug-likeness (QED) is 0.537. The van der Waals surface area contributed by atoms with Crippen LogP contribution in [0.1, 0.15) is 9.75 Å². The van der Waals surface area contributed by atoms with E-state index in [1.807, 2.05) is 0 Å². The Morgan fingerprint density at radius 1 is 1.31 bits per heavy atom. The predicted molar refractivity (Wildman–Crippen MR) is 44.4 cm³/mol. The van der Waals surface area contributed by atoms with Gasteiger partial charge in [0.2, 0.25) is 0 Å². The van der Waals surface area contributed by atoms with Crippen LogP contribution in [0.15, 0.2) is 18.2 Å². The molecule has 0 unspecified atom stereocenters. The molecular weight excluding hydrogens is 201 g/mol. The molecule has 0 spiro atoms. The monoisotopic (exact) mass is 206 g/mol. The Labute approximate surface area is 76.5 Å². The first-order chi connectivity index (χ1) is 6.04. The Hall–Kier alpha value is -1.10. The Morgan fingerprint density at radius 2 is 2.00 bits per heavy atom. The van der Waals surface area contributed by atoms with E-state index in [0.717, 1.165) is 12.1 Å². The zero-order valence-electron chi connectivity index (χ0n) is 6.34. The number of alkyl halides is 3. The molecule has 0 radical (unpaired) electrons. The number of hydrogen-bond donors (Lipinski definition) is 0. The second kappa shape index (κ2) is 3.74. The average Bonchev–Trinajstić information content (AvgIpc) is 2.47. The summed E-state index contributed by atoms with van der Waals surface area (Å²) >= 11 is 0.609. The van der Waals surface area contributed by atoms with E-state index >= 15 is 0 Å². The van der Waals surface area contributed by atoms with E-state index in [-0.39, 0.29) is 0 Å². The molecule has 0 fully saturated rings. The van der Waals surface area contributed by atoms with Crippen LogP contribution in [0.4, 0.5) is 13.2 Å². The van der Waals surface area contributed by atoms with Crippen molar-refractivity contribution in [3.63, 3.8) is 0 Å². The van der Waals surface area contributed by atoms with E-state index in [0.29, 0.717) is 22.5 Å². The minimum Gasteiger partial charge on any atom is -0.299 e. The molecule has 0 aliphatic carbocycles. The molecule has 13 heavy (non-hydrogen) atoms. The predicted octanol–water partition coefficient (Wildman–Crippen LogP) is 2.98. The molecule has 5 heteroatoms. The zero-order valence-corrected chi connectivity index (χ0v) is 7.15. The molecule has 0 amide bonds. The van der Waals surface area contributed by atoms with E-state index in [2.05, 4.69) is 0 Å². The first-order valence-electron chi connectivity index (χ1n) is 3.33.